The third-order valence-corrected chi connectivity index (χ3v) is 3.92. The Kier molecular flexibility index (Phi) is 3.99. The lowest BCUT2D eigenvalue weighted by Crippen LogP contribution is -2.14. The molecule has 0 aliphatic carbocycles. The van der Waals surface area contributed by atoms with E-state index in [1.54, 1.807) is 19.2 Å². The highest BCUT2D eigenvalue weighted by Crippen LogP contribution is 2.23. The number of methoxy groups -OCH3 is 1. The summed E-state index contributed by atoms with van der Waals surface area (Å²) in [5.41, 5.74) is 0.444. The molecule has 0 radical (unpaired) electrons. The summed E-state index contributed by atoms with van der Waals surface area (Å²) in [5, 5.41) is 6.55. The number of benzene rings is 1. The number of hydrogen-bond donors (Lipinski definition) is 1. The molecule has 8 heteroatoms. The van der Waals surface area contributed by atoms with Crippen LogP contribution in [-0.4, -0.2) is 37.5 Å². The van der Waals surface area contributed by atoms with Crippen molar-refractivity contribution >= 4 is 21.4 Å². The first-order valence-corrected chi connectivity index (χ1v) is 7.90. The number of para-hydroxylation sites is 1. The number of nitrogens with zero attached hydrogens (tertiary/aromatic N) is 2. The van der Waals surface area contributed by atoms with Gasteiger partial charge in [0.15, 0.2) is 9.84 Å². The maximum atomic E-state index is 12.2. The number of nitrogens with one attached hydrogen (secondary N) is 1. The Morgan fingerprint density at radius 2 is 2.00 bits per heavy atom. The molecule has 1 amide bonds. The van der Waals surface area contributed by atoms with E-state index >= 15 is 0 Å². The predicted molar refractivity (Wildman–Crippen MR) is 77.3 cm³/mol. The largest absolute Gasteiger partial charge is 0.479 e. The van der Waals surface area contributed by atoms with Gasteiger partial charge in [0.05, 0.1) is 17.7 Å². The Morgan fingerprint density at radius 1 is 1.33 bits per heavy atom. The standard InChI is InChI=1S/C13H15N3O4S/c1-16-8-9(13(15-16)20-2)12(17)14-10-6-4-5-7-11(10)21(3,18)19/h4-8H,1-3H3,(H,14,17). The SMILES string of the molecule is COc1nn(C)cc1C(=O)Nc1ccccc1S(C)(=O)=O. The third-order valence-electron chi connectivity index (χ3n) is 2.77. The molecule has 0 fully saturated rings. The molecule has 21 heavy (non-hydrogen) atoms. The fourth-order valence-corrected chi connectivity index (χ4v) is 2.70. The van der Waals surface area contributed by atoms with Crippen molar-refractivity contribution < 1.29 is 17.9 Å². The molecule has 0 saturated heterocycles. The van der Waals surface area contributed by atoms with E-state index < -0.39 is 15.7 Å². The van der Waals surface area contributed by atoms with E-state index in [0.29, 0.717) is 0 Å². The van der Waals surface area contributed by atoms with E-state index in [1.807, 2.05) is 0 Å². The predicted octanol–water partition coefficient (Wildman–Crippen LogP) is 1.08. The molecule has 0 aliphatic rings. The summed E-state index contributed by atoms with van der Waals surface area (Å²) in [7, 11) is -0.376. The number of aromatic nitrogens is 2. The van der Waals surface area contributed by atoms with Crippen molar-refractivity contribution in [3.63, 3.8) is 0 Å². The second kappa shape index (κ2) is 5.57. The van der Waals surface area contributed by atoms with Crippen LogP contribution < -0.4 is 10.1 Å². The molecule has 1 aromatic carbocycles. The second-order valence-electron chi connectivity index (χ2n) is 4.45. The summed E-state index contributed by atoms with van der Waals surface area (Å²) >= 11 is 0. The number of amides is 1. The van der Waals surface area contributed by atoms with Crippen molar-refractivity contribution in [2.75, 3.05) is 18.7 Å². The molecule has 2 rings (SSSR count). The monoisotopic (exact) mass is 309 g/mol. The van der Waals surface area contributed by atoms with Gasteiger partial charge in [-0.1, -0.05) is 12.1 Å². The Balaban J connectivity index is 2.37. The molecule has 0 bridgehead atoms. The topological polar surface area (TPSA) is 90.3 Å². The number of carbonyl (C=O) groups excluding carboxylic acids is 1. The van der Waals surface area contributed by atoms with Gasteiger partial charge in [0.2, 0.25) is 5.88 Å². The van der Waals surface area contributed by atoms with Crippen LogP contribution in [-0.2, 0) is 16.9 Å². The number of anilines is 1. The zero-order chi connectivity index (χ0) is 15.6. The normalized spacial score (nSPS) is 11.2. The Bertz CT molecular complexity index is 780. The van der Waals surface area contributed by atoms with Crippen molar-refractivity contribution in [3.8, 4) is 5.88 Å². The van der Waals surface area contributed by atoms with Crippen molar-refractivity contribution in [2.24, 2.45) is 7.05 Å². The van der Waals surface area contributed by atoms with Gasteiger partial charge in [-0.05, 0) is 12.1 Å². The highest BCUT2D eigenvalue weighted by Gasteiger charge is 2.19. The minimum atomic E-state index is -3.44. The molecule has 1 heterocycles. The zero-order valence-electron chi connectivity index (χ0n) is 11.8. The molecule has 0 atom stereocenters. The molecule has 1 aromatic heterocycles. The lowest BCUT2D eigenvalue weighted by Gasteiger charge is -2.09. The van der Waals surface area contributed by atoms with E-state index in [1.165, 1.54) is 30.1 Å². The van der Waals surface area contributed by atoms with E-state index in [0.717, 1.165) is 6.26 Å². The minimum Gasteiger partial charge on any atom is -0.479 e. The van der Waals surface area contributed by atoms with Gasteiger partial charge in [0.1, 0.15) is 5.56 Å². The van der Waals surface area contributed by atoms with E-state index in [4.69, 9.17) is 4.74 Å². The quantitative estimate of drug-likeness (QED) is 0.913. The number of aryl methyl sites for hydroxylation is 1. The van der Waals surface area contributed by atoms with Crippen LogP contribution in [0.1, 0.15) is 10.4 Å². The van der Waals surface area contributed by atoms with Gasteiger partial charge in [-0.3, -0.25) is 9.48 Å². The fourth-order valence-electron chi connectivity index (χ4n) is 1.86. The summed E-state index contributed by atoms with van der Waals surface area (Å²) in [6, 6.07) is 6.20. The van der Waals surface area contributed by atoms with Crippen LogP contribution in [0.4, 0.5) is 5.69 Å². The van der Waals surface area contributed by atoms with Crippen molar-refractivity contribution in [3.05, 3.63) is 36.0 Å². The van der Waals surface area contributed by atoms with E-state index in [2.05, 4.69) is 10.4 Å². The molecule has 1 N–H and O–H groups in total. The smallest absolute Gasteiger partial charge is 0.262 e. The first-order chi connectivity index (χ1) is 9.82. The number of sulfone groups is 1. The number of hydrogen-bond acceptors (Lipinski definition) is 5. The molecule has 2 aromatic rings. The first kappa shape index (κ1) is 15.0. The van der Waals surface area contributed by atoms with Gasteiger partial charge in [-0.15, -0.1) is 5.10 Å². The van der Waals surface area contributed by atoms with Crippen LogP contribution >= 0.6 is 0 Å². The molecule has 0 saturated carbocycles. The van der Waals surface area contributed by atoms with Gasteiger partial charge in [-0.2, -0.15) is 0 Å². The van der Waals surface area contributed by atoms with Crippen LogP contribution in [0.3, 0.4) is 0 Å². The fraction of sp³-hybridized carbons (Fsp3) is 0.231. The maximum absolute atomic E-state index is 12.2. The highest BCUT2D eigenvalue weighted by atomic mass is 32.2. The summed E-state index contributed by atoms with van der Waals surface area (Å²) in [5.74, 6) is -0.317. The minimum absolute atomic E-state index is 0.0567. The van der Waals surface area contributed by atoms with E-state index in [-0.39, 0.29) is 22.0 Å². The molecule has 112 valence electrons. The number of carbonyl (C=O) groups is 1. The van der Waals surface area contributed by atoms with Crippen molar-refractivity contribution in [1.82, 2.24) is 9.78 Å². The molecular weight excluding hydrogens is 294 g/mol. The Labute approximate surface area is 122 Å². The molecule has 7 nitrogen and oxygen atoms in total. The summed E-state index contributed by atoms with van der Waals surface area (Å²) in [6.45, 7) is 0. The van der Waals surface area contributed by atoms with Crippen molar-refractivity contribution in [2.45, 2.75) is 4.90 Å². The van der Waals surface area contributed by atoms with Crippen LogP contribution in [0.5, 0.6) is 5.88 Å². The van der Waals surface area contributed by atoms with Gasteiger partial charge in [-0.25, -0.2) is 8.42 Å². The molecule has 0 aliphatic heterocycles. The van der Waals surface area contributed by atoms with Crippen LogP contribution in [0.25, 0.3) is 0 Å². The first-order valence-electron chi connectivity index (χ1n) is 6.01. The second-order valence-corrected chi connectivity index (χ2v) is 6.43. The van der Waals surface area contributed by atoms with Crippen molar-refractivity contribution in [1.29, 1.82) is 0 Å². The number of rotatable bonds is 4. The highest BCUT2D eigenvalue weighted by molar-refractivity contribution is 7.90. The third kappa shape index (κ3) is 3.22. The average molecular weight is 309 g/mol. The zero-order valence-corrected chi connectivity index (χ0v) is 12.6. The van der Waals surface area contributed by atoms with Gasteiger partial charge >= 0.3 is 0 Å². The van der Waals surface area contributed by atoms with Gasteiger partial charge < -0.3 is 10.1 Å². The van der Waals surface area contributed by atoms with Gasteiger partial charge in [0.25, 0.3) is 5.91 Å². The van der Waals surface area contributed by atoms with Crippen LogP contribution in [0.15, 0.2) is 35.4 Å². The summed E-state index contributed by atoms with van der Waals surface area (Å²) in [4.78, 5) is 12.3. The summed E-state index contributed by atoms with van der Waals surface area (Å²) in [6.07, 6.45) is 2.58. The Hall–Kier alpha value is -2.35. The molecule has 0 unspecified atom stereocenters. The lowest BCUT2D eigenvalue weighted by atomic mass is 10.2. The average Bonchev–Trinajstić information content (AvgIpc) is 2.79. The van der Waals surface area contributed by atoms with Gasteiger partial charge in [0, 0.05) is 19.5 Å². The number of ether oxygens (including phenoxy) is 1. The molecular formula is C13H15N3O4S. The van der Waals surface area contributed by atoms with E-state index in [9.17, 15) is 13.2 Å². The molecule has 0 spiro atoms. The van der Waals surface area contributed by atoms with Crippen LogP contribution in [0.2, 0.25) is 0 Å². The van der Waals surface area contributed by atoms with Crippen LogP contribution in [0, 0.1) is 0 Å². The maximum Gasteiger partial charge on any atom is 0.262 e. The summed E-state index contributed by atoms with van der Waals surface area (Å²) < 4.78 is 29.9. The Morgan fingerprint density at radius 3 is 2.62 bits per heavy atom. The lowest BCUT2D eigenvalue weighted by molar-refractivity contribution is 0.102.